The van der Waals surface area contributed by atoms with Gasteiger partial charge in [0.15, 0.2) is 0 Å². The second-order valence-corrected chi connectivity index (χ2v) is 8.98. The third kappa shape index (κ3) is 3.79. The van der Waals surface area contributed by atoms with Crippen LogP contribution in [0.2, 0.25) is 0 Å². The van der Waals surface area contributed by atoms with Gasteiger partial charge in [-0.3, -0.25) is 14.6 Å². The molecule has 1 amide bonds. The molecule has 1 saturated carbocycles. The number of piperazine rings is 1. The highest BCUT2D eigenvalue weighted by Crippen LogP contribution is 2.26. The second kappa shape index (κ2) is 8.17. The average Bonchev–Trinajstić information content (AvgIpc) is 3.12. The monoisotopic (exact) mass is 412 g/mol. The van der Waals surface area contributed by atoms with E-state index in [1.165, 1.54) is 30.5 Å². The van der Waals surface area contributed by atoms with Crippen molar-refractivity contribution in [1.82, 2.24) is 29.4 Å². The van der Waals surface area contributed by atoms with E-state index in [4.69, 9.17) is 0 Å². The minimum atomic E-state index is -0.586. The summed E-state index contributed by atoms with van der Waals surface area (Å²) in [7, 11) is 1.85. The quantitative estimate of drug-likeness (QED) is 0.779. The molecule has 0 aromatic carbocycles. The molecule has 0 bridgehead atoms. The lowest BCUT2D eigenvalue weighted by Gasteiger charge is -2.43. The van der Waals surface area contributed by atoms with E-state index in [0.717, 1.165) is 57.4 Å². The number of likely N-dealkylation sites (N-methyl/N-ethyl adjacent to an activating group) is 1. The molecule has 162 valence electrons. The minimum Gasteiger partial charge on any atom is -0.370 e. The van der Waals surface area contributed by atoms with Crippen LogP contribution in [0.5, 0.6) is 0 Å². The molecule has 1 aliphatic carbocycles. The van der Waals surface area contributed by atoms with E-state index in [-0.39, 0.29) is 5.91 Å². The SMILES string of the molecule is CN1C=C(n2ncc3c2CCN(CC(=O)N2CCN(C4CCC4)CC2)C3)C=CC1O. The van der Waals surface area contributed by atoms with Crippen LogP contribution in [-0.2, 0) is 17.8 Å². The number of allylic oxidation sites excluding steroid dienone is 2. The molecule has 2 fully saturated rings. The Morgan fingerprint density at radius 2 is 2.00 bits per heavy atom. The molecule has 8 nitrogen and oxygen atoms in total. The minimum absolute atomic E-state index is 0.257. The van der Waals surface area contributed by atoms with Crippen molar-refractivity contribution in [2.24, 2.45) is 0 Å². The van der Waals surface area contributed by atoms with E-state index in [1.54, 1.807) is 11.0 Å². The van der Waals surface area contributed by atoms with Gasteiger partial charge in [0.1, 0.15) is 6.23 Å². The number of amides is 1. The van der Waals surface area contributed by atoms with Gasteiger partial charge in [-0.2, -0.15) is 5.10 Å². The summed E-state index contributed by atoms with van der Waals surface area (Å²) in [5.41, 5.74) is 3.35. The average molecular weight is 413 g/mol. The number of hydrogen-bond acceptors (Lipinski definition) is 6. The van der Waals surface area contributed by atoms with Crippen molar-refractivity contribution in [1.29, 1.82) is 0 Å². The number of carbonyl (C=O) groups is 1. The van der Waals surface area contributed by atoms with E-state index < -0.39 is 6.23 Å². The van der Waals surface area contributed by atoms with Gasteiger partial charge < -0.3 is 14.9 Å². The third-order valence-corrected chi connectivity index (χ3v) is 7.07. The largest absolute Gasteiger partial charge is 0.370 e. The number of rotatable bonds is 4. The number of aliphatic hydroxyl groups is 1. The summed E-state index contributed by atoms with van der Waals surface area (Å²) >= 11 is 0. The van der Waals surface area contributed by atoms with Gasteiger partial charge in [0.2, 0.25) is 5.91 Å². The lowest BCUT2D eigenvalue weighted by Crippen LogP contribution is -2.55. The lowest BCUT2D eigenvalue weighted by atomic mass is 9.91. The molecule has 1 N–H and O–H groups in total. The summed E-state index contributed by atoms with van der Waals surface area (Å²) in [6.45, 7) is 5.91. The first-order chi connectivity index (χ1) is 14.6. The fourth-order valence-electron chi connectivity index (χ4n) is 4.90. The molecule has 4 aliphatic rings. The van der Waals surface area contributed by atoms with Crippen molar-refractivity contribution in [3.8, 4) is 0 Å². The van der Waals surface area contributed by atoms with Crippen molar-refractivity contribution >= 4 is 11.6 Å². The first-order valence-corrected chi connectivity index (χ1v) is 11.2. The number of carbonyl (C=O) groups excluding carboxylic acids is 1. The van der Waals surface area contributed by atoms with Crippen LogP contribution in [0.1, 0.15) is 30.5 Å². The number of aromatic nitrogens is 2. The number of nitrogens with zero attached hydrogens (tertiary/aromatic N) is 6. The maximum atomic E-state index is 12.9. The van der Waals surface area contributed by atoms with Gasteiger partial charge in [-0.25, -0.2) is 4.68 Å². The van der Waals surface area contributed by atoms with Gasteiger partial charge in [-0.15, -0.1) is 0 Å². The van der Waals surface area contributed by atoms with Gasteiger partial charge in [-0.05, 0) is 25.0 Å². The van der Waals surface area contributed by atoms with Crippen LogP contribution in [0.15, 0.2) is 24.5 Å². The Morgan fingerprint density at radius 3 is 2.70 bits per heavy atom. The Labute approximate surface area is 178 Å². The van der Waals surface area contributed by atoms with E-state index in [1.807, 2.05) is 35.1 Å². The van der Waals surface area contributed by atoms with Crippen LogP contribution in [0.4, 0.5) is 0 Å². The zero-order chi connectivity index (χ0) is 20.7. The maximum Gasteiger partial charge on any atom is 0.236 e. The Bertz CT molecular complexity index is 850. The molecular formula is C22H32N6O2. The normalized spacial score (nSPS) is 25.8. The second-order valence-electron chi connectivity index (χ2n) is 8.98. The molecule has 5 rings (SSSR count). The molecule has 0 spiro atoms. The Kier molecular flexibility index (Phi) is 5.39. The molecule has 1 atom stereocenters. The molecule has 4 heterocycles. The molecule has 8 heteroatoms. The van der Waals surface area contributed by atoms with Gasteiger partial charge in [0, 0.05) is 70.5 Å². The van der Waals surface area contributed by atoms with Crippen LogP contribution in [0.25, 0.3) is 5.70 Å². The zero-order valence-electron chi connectivity index (χ0n) is 17.8. The number of aliphatic hydroxyl groups excluding tert-OH is 1. The summed E-state index contributed by atoms with van der Waals surface area (Å²) in [5, 5.41) is 14.4. The highest BCUT2D eigenvalue weighted by molar-refractivity contribution is 5.78. The first kappa shape index (κ1) is 19.8. The fraction of sp³-hybridized carbons (Fsp3) is 0.636. The Morgan fingerprint density at radius 1 is 1.20 bits per heavy atom. The zero-order valence-corrected chi connectivity index (χ0v) is 17.8. The van der Waals surface area contributed by atoms with Gasteiger partial charge in [0.25, 0.3) is 0 Å². The van der Waals surface area contributed by atoms with Gasteiger partial charge in [-0.1, -0.05) is 6.42 Å². The van der Waals surface area contributed by atoms with Crippen molar-refractivity contribution < 1.29 is 9.90 Å². The predicted molar refractivity (Wildman–Crippen MR) is 114 cm³/mol. The molecule has 1 aromatic heterocycles. The van der Waals surface area contributed by atoms with Crippen LogP contribution in [-0.4, -0.2) is 99.0 Å². The van der Waals surface area contributed by atoms with Crippen LogP contribution in [0.3, 0.4) is 0 Å². The first-order valence-electron chi connectivity index (χ1n) is 11.2. The standard InChI is InChI=1S/C22H32N6O2/c1-24-15-19(5-6-21(24)29)28-20-7-8-25(14-17(20)13-23-28)16-22(30)27-11-9-26(10-12-27)18-3-2-4-18/h5-6,13,15,18,21,29H,2-4,7-12,14,16H2,1H3. The molecule has 1 unspecified atom stereocenters. The Hall–Kier alpha value is -2.16. The van der Waals surface area contributed by atoms with Crippen molar-refractivity contribution in [2.75, 3.05) is 46.3 Å². The summed E-state index contributed by atoms with van der Waals surface area (Å²) in [6.07, 6.45) is 11.8. The smallest absolute Gasteiger partial charge is 0.236 e. The van der Waals surface area contributed by atoms with E-state index >= 15 is 0 Å². The van der Waals surface area contributed by atoms with E-state index in [2.05, 4.69) is 14.9 Å². The summed E-state index contributed by atoms with van der Waals surface area (Å²) in [4.78, 5) is 21.5. The molecule has 30 heavy (non-hydrogen) atoms. The van der Waals surface area contributed by atoms with Crippen molar-refractivity contribution in [3.05, 3.63) is 35.8 Å². The summed E-state index contributed by atoms with van der Waals surface area (Å²) in [6, 6.07) is 0.775. The van der Waals surface area contributed by atoms with Crippen LogP contribution in [0, 0.1) is 0 Å². The summed E-state index contributed by atoms with van der Waals surface area (Å²) in [5.74, 6) is 0.257. The lowest BCUT2D eigenvalue weighted by molar-refractivity contribution is -0.135. The van der Waals surface area contributed by atoms with Crippen molar-refractivity contribution in [2.45, 2.75) is 44.5 Å². The van der Waals surface area contributed by atoms with Crippen molar-refractivity contribution in [3.63, 3.8) is 0 Å². The predicted octanol–water partition coefficient (Wildman–Crippen LogP) is 0.556. The fourth-order valence-corrected chi connectivity index (χ4v) is 4.90. The van der Waals surface area contributed by atoms with Gasteiger partial charge in [0.05, 0.1) is 24.1 Å². The van der Waals surface area contributed by atoms with Crippen LogP contribution >= 0.6 is 0 Å². The Balaban J connectivity index is 1.17. The van der Waals surface area contributed by atoms with Gasteiger partial charge >= 0.3 is 0 Å². The summed E-state index contributed by atoms with van der Waals surface area (Å²) < 4.78 is 1.97. The van der Waals surface area contributed by atoms with E-state index in [9.17, 15) is 9.90 Å². The highest BCUT2D eigenvalue weighted by Gasteiger charge is 2.30. The van der Waals surface area contributed by atoms with Crippen LogP contribution < -0.4 is 0 Å². The molecule has 1 aromatic rings. The highest BCUT2D eigenvalue weighted by atomic mass is 16.3. The topological polar surface area (TPSA) is 68.1 Å². The molecule has 3 aliphatic heterocycles. The molecule has 0 radical (unpaired) electrons. The molecular weight excluding hydrogens is 380 g/mol. The van der Waals surface area contributed by atoms with E-state index in [0.29, 0.717) is 6.54 Å². The molecule has 1 saturated heterocycles. The number of hydrogen-bond donors (Lipinski definition) is 1. The number of fused-ring (bicyclic) bond motifs is 1. The maximum absolute atomic E-state index is 12.9. The third-order valence-electron chi connectivity index (χ3n) is 7.07.